The molecular weight excluding hydrogens is 434 g/mol. The van der Waals surface area contributed by atoms with Crippen molar-refractivity contribution in [2.24, 2.45) is 5.16 Å². The average Bonchev–Trinajstić information content (AvgIpc) is 2.73. The normalized spacial score (nSPS) is 22.4. The molecule has 1 fully saturated rings. The summed E-state index contributed by atoms with van der Waals surface area (Å²) < 4.78 is 11.6. The Bertz CT molecular complexity index is 1110. The first kappa shape index (κ1) is 23.8. The highest BCUT2D eigenvalue weighted by molar-refractivity contribution is 6.15. The smallest absolute Gasteiger partial charge is 0.407 e. The van der Waals surface area contributed by atoms with Crippen molar-refractivity contribution >= 4 is 17.6 Å². The van der Waals surface area contributed by atoms with Crippen LogP contribution in [0.3, 0.4) is 0 Å². The lowest BCUT2D eigenvalue weighted by Gasteiger charge is -2.35. The minimum absolute atomic E-state index is 0.0334. The molecule has 182 valence electrons. The zero-order chi connectivity index (χ0) is 24.7. The summed E-state index contributed by atoms with van der Waals surface area (Å²) in [6.07, 6.45) is 4.36. The Balaban J connectivity index is 1.48. The molecular formula is C25H33N5O4. The van der Waals surface area contributed by atoms with Crippen LogP contribution in [0, 0.1) is 0 Å². The van der Waals surface area contributed by atoms with Crippen LogP contribution in [0.5, 0.6) is 5.75 Å². The minimum atomic E-state index is -0.674. The SMILES string of the molecule is CC(C)(C)OC(=O)NC1CCC(Oc2ccc3c(c2)/C(=N\O)C(C)(C)c2c(N)ncnc2-3)CC1. The van der Waals surface area contributed by atoms with Crippen molar-refractivity contribution in [1.82, 2.24) is 15.3 Å². The molecule has 1 heterocycles. The molecule has 2 aliphatic carbocycles. The number of nitrogens with two attached hydrogens (primary N) is 1. The highest BCUT2D eigenvalue weighted by Crippen LogP contribution is 2.45. The lowest BCUT2D eigenvalue weighted by atomic mass is 9.70. The van der Waals surface area contributed by atoms with Gasteiger partial charge in [-0.25, -0.2) is 14.8 Å². The second kappa shape index (κ2) is 8.77. The molecule has 2 aliphatic rings. The topological polar surface area (TPSA) is 132 Å². The molecule has 4 N–H and O–H groups in total. The van der Waals surface area contributed by atoms with Gasteiger partial charge in [-0.05, 0) is 78.5 Å². The number of nitrogen functional groups attached to an aromatic ring is 1. The van der Waals surface area contributed by atoms with Gasteiger partial charge in [0.1, 0.15) is 23.5 Å². The lowest BCUT2D eigenvalue weighted by molar-refractivity contribution is 0.0471. The quantitative estimate of drug-likeness (QED) is 0.450. The first-order valence-corrected chi connectivity index (χ1v) is 11.6. The first-order valence-electron chi connectivity index (χ1n) is 11.6. The number of nitrogens with one attached hydrogen (secondary N) is 1. The molecule has 0 spiro atoms. The van der Waals surface area contributed by atoms with E-state index < -0.39 is 11.0 Å². The second-order valence-electron chi connectivity index (χ2n) is 10.5. The summed E-state index contributed by atoms with van der Waals surface area (Å²) in [6, 6.07) is 5.80. The summed E-state index contributed by atoms with van der Waals surface area (Å²) in [6.45, 7) is 9.44. The number of carbonyl (C=O) groups is 1. The molecule has 0 radical (unpaired) electrons. The number of oxime groups is 1. The second-order valence-corrected chi connectivity index (χ2v) is 10.5. The van der Waals surface area contributed by atoms with E-state index in [0.717, 1.165) is 48.1 Å². The fourth-order valence-electron chi connectivity index (χ4n) is 4.84. The van der Waals surface area contributed by atoms with Gasteiger partial charge >= 0.3 is 6.09 Å². The molecule has 0 unspecified atom stereocenters. The monoisotopic (exact) mass is 467 g/mol. The predicted molar refractivity (Wildman–Crippen MR) is 129 cm³/mol. The number of amides is 1. The molecule has 9 heteroatoms. The highest BCUT2D eigenvalue weighted by atomic mass is 16.6. The van der Waals surface area contributed by atoms with Gasteiger partial charge in [-0.2, -0.15) is 0 Å². The molecule has 0 saturated heterocycles. The molecule has 2 aromatic rings. The van der Waals surface area contributed by atoms with Crippen molar-refractivity contribution < 1.29 is 19.5 Å². The molecule has 34 heavy (non-hydrogen) atoms. The maximum atomic E-state index is 12.0. The van der Waals surface area contributed by atoms with E-state index in [1.807, 2.05) is 52.8 Å². The number of ether oxygens (including phenoxy) is 2. The van der Waals surface area contributed by atoms with E-state index in [4.69, 9.17) is 15.2 Å². The third-order valence-corrected chi connectivity index (χ3v) is 6.39. The van der Waals surface area contributed by atoms with Crippen molar-refractivity contribution in [3.8, 4) is 17.0 Å². The number of aromatic nitrogens is 2. The standard InChI is InChI=1S/C25H33N5O4/c1-24(2,3)34-23(31)29-14-6-8-15(9-7-14)33-16-10-11-17-18(12-16)21(30-32)25(4,5)19-20(17)27-13-28-22(19)26/h10-15,32H,6-9H2,1-5H3,(H,29,31)(H2,26,27,28)/b30-21+. The largest absolute Gasteiger partial charge is 0.490 e. The third kappa shape index (κ3) is 4.64. The van der Waals surface area contributed by atoms with Crippen LogP contribution < -0.4 is 15.8 Å². The summed E-state index contributed by atoms with van der Waals surface area (Å²) >= 11 is 0. The molecule has 0 aliphatic heterocycles. The Morgan fingerprint density at radius 1 is 1.18 bits per heavy atom. The zero-order valence-corrected chi connectivity index (χ0v) is 20.4. The van der Waals surface area contributed by atoms with Crippen LogP contribution in [-0.2, 0) is 10.2 Å². The van der Waals surface area contributed by atoms with Crippen LogP contribution >= 0.6 is 0 Å². The lowest BCUT2D eigenvalue weighted by Crippen LogP contribution is -2.42. The van der Waals surface area contributed by atoms with E-state index in [-0.39, 0.29) is 18.2 Å². The van der Waals surface area contributed by atoms with E-state index >= 15 is 0 Å². The van der Waals surface area contributed by atoms with Crippen molar-refractivity contribution in [2.75, 3.05) is 5.73 Å². The van der Waals surface area contributed by atoms with E-state index in [0.29, 0.717) is 17.3 Å². The Morgan fingerprint density at radius 3 is 2.53 bits per heavy atom. The number of alkyl carbamates (subject to hydrolysis) is 1. The number of hydrogen-bond acceptors (Lipinski definition) is 8. The zero-order valence-electron chi connectivity index (χ0n) is 20.4. The summed E-state index contributed by atoms with van der Waals surface area (Å²) in [4.78, 5) is 20.7. The van der Waals surface area contributed by atoms with Gasteiger partial charge in [0, 0.05) is 28.1 Å². The van der Waals surface area contributed by atoms with Gasteiger partial charge in [0.05, 0.1) is 17.5 Å². The molecule has 4 rings (SSSR count). The van der Waals surface area contributed by atoms with Crippen molar-refractivity contribution in [3.05, 3.63) is 35.7 Å². The van der Waals surface area contributed by atoms with Gasteiger partial charge < -0.3 is 25.7 Å². The molecule has 1 aromatic carbocycles. The van der Waals surface area contributed by atoms with E-state index in [1.165, 1.54) is 6.33 Å². The Hall–Kier alpha value is -3.36. The number of fused-ring (bicyclic) bond motifs is 3. The fourth-order valence-corrected chi connectivity index (χ4v) is 4.84. The number of carbonyl (C=O) groups excluding carboxylic acids is 1. The number of hydrogen-bond donors (Lipinski definition) is 3. The van der Waals surface area contributed by atoms with Crippen LogP contribution in [0.25, 0.3) is 11.3 Å². The Kier molecular flexibility index (Phi) is 6.14. The number of rotatable bonds is 3. The highest BCUT2D eigenvalue weighted by Gasteiger charge is 2.41. The van der Waals surface area contributed by atoms with E-state index in [1.54, 1.807) is 0 Å². The number of nitrogens with zero attached hydrogens (tertiary/aromatic N) is 3. The van der Waals surface area contributed by atoms with Gasteiger partial charge in [-0.1, -0.05) is 5.16 Å². The molecule has 1 aromatic heterocycles. The van der Waals surface area contributed by atoms with Gasteiger partial charge in [-0.15, -0.1) is 0 Å². The number of anilines is 1. The van der Waals surface area contributed by atoms with Crippen molar-refractivity contribution in [3.63, 3.8) is 0 Å². The van der Waals surface area contributed by atoms with Gasteiger partial charge in [0.15, 0.2) is 0 Å². The Morgan fingerprint density at radius 2 is 1.88 bits per heavy atom. The van der Waals surface area contributed by atoms with E-state index in [2.05, 4.69) is 20.4 Å². The van der Waals surface area contributed by atoms with Gasteiger partial charge in [0.25, 0.3) is 0 Å². The van der Waals surface area contributed by atoms with E-state index in [9.17, 15) is 10.0 Å². The van der Waals surface area contributed by atoms with Gasteiger partial charge in [0.2, 0.25) is 0 Å². The summed E-state index contributed by atoms with van der Waals surface area (Å²) in [5, 5.41) is 16.5. The molecule has 1 saturated carbocycles. The van der Waals surface area contributed by atoms with Crippen LogP contribution in [0.2, 0.25) is 0 Å². The summed E-state index contributed by atoms with van der Waals surface area (Å²) in [5.74, 6) is 1.07. The fraction of sp³-hybridized carbons (Fsp3) is 0.520. The molecule has 1 amide bonds. The third-order valence-electron chi connectivity index (χ3n) is 6.39. The summed E-state index contributed by atoms with van der Waals surface area (Å²) in [5.41, 5.74) is 8.55. The average molecular weight is 468 g/mol. The van der Waals surface area contributed by atoms with Gasteiger partial charge in [-0.3, -0.25) is 0 Å². The maximum Gasteiger partial charge on any atom is 0.407 e. The molecule has 0 atom stereocenters. The van der Waals surface area contributed by atoms with Crippen LogP contribution in [-0.4, -0.2) is 44.7 Å². The molecule has 0 bridgehead atoms. The van der Waals surface area contributed by atoms with Crippen LogP contribution in [0.4, 0.5) is 10.6 Å². The van der Waals surface area contributed by atoms with Crippen molar-refractivity contribution in [2.45, 2.75) is 83.5 Å². The number of benzene rings is 1. The van der Waals surface area contributed by atoms with Crippen LogP contribution in [0.1, 0.15) is 71.4 Å². The summed E-state index contributed by atoms with van der Waals surface area (Å²) in [7, 11) is 0. The first-order chi connectivity index (χ1) is 16.0. The predicted octanol–water partition coefficient (Wildman–Crippen LogP) is 4.41. The van der Waals surface area contributed by atoms with Crippen molar-refractivity contribution in [1.29, 1.82) is 0 Å². The molecule has 9 nitrogen and oxygen atoms in total. The minimum Gasteiger partial charge on any atom is -0.490 e. The Labute approximate surface area is 199 Å². The van der Waals surface area contributed by atoms with Crippen LogP contribution in [0.15, 0.2) is 29.7 Å². The maximum absolute atomic E-state index is 12.0.